The Morgan fingerprint density at radius 1 is 1.42 bits per heavy atom. The standard InChI is InChI=1S/C6H11N2.BH3O3/c1-3-8-5-4-7(2)6-8;2-1(3)4/h4-6H,3H2,1-2H3;2-4H/q+1;. The van der Waals surface area contributed by atoms with Crippen molar-refractivity contribution in [3.63, 3.8) is 0 Å². The third-order valence-electron chi connectivity index (χ3n) is 1.19. The van der Waals surface area contributed by atoms with E-state index in [0.29, 0.717) is 0 Å². The number of aromatic nitrogens is 2. The van der Waals surface area contributed by atoms with Gasteiger partial charge in [0.15, 0.2) is 0 Å². The van der Waals surface area contributed by atoms with Crippen molar-refractivity contribution < 1.29 is 19.6 Å². The minimum atomic E-state index is -2.17. The minimum absolute atomic E-state index is 1.06. The number of hydrogen-bond donors (Lipinski definition) is 3. The molecule has 12 heavy (non-hydrogen) atoms. The van der Waals surface area contributed by atoms with Gasteiger partial charge in [-0.25, -0.2) is 9.13 Å². The molecule has 0 saturated heterocycles. The van der Waals surface area contributed by atoms with Crippen molar-refractivity contribution in [1.82, 2.24) is 4.57 Å². The summed E-state index contributed by atoms with van der Waals surface area (Å²) in [5, 5.41) is 21.5. The maximum atomic E-state index is 7.17. The summed E-state index contributed by atoms with van der Waals surface area (Å²) in [6.45, 7) is 3.18. The van der Waals surface area contributed by atoms with Gasteiger partial charge in [0, 0.05) is 0 Å². The summed E-state index contributed by atoms with van der Waals surface area (Å²) in [4.78, 5) is 0. The number of hydrogen-bond acceptors (Lipinski definition) is 3. The van der Waals surface area contributed by atoms with Gasteiger partial charge in [-0.1, -0.05) is 0 Å². The Balaban J connectivity index is 0.000000261. The lowest BCUT2D eigenvalue weighted by molar-refractivity contribution is -0.693. The van der Waals surface area contributed by atoms with Crippen LogP contribution < -0.4 is 4.57 Å². The highest BCUT2D eigenvalue weighted by atomic mass is 16.5. The van der Waals surface area contributed by atoms with Crippen LogP contribution in [0, 0.1) is 0 Å². The van der Waals surface area contributed by atoms with Crippen LogP contribution in [0.5, 0.6) is 0 Å². The molecule has 1 aromatic rings. The first-order valence-corrected chi connectivity index (χ1v) is 3.61. The molecule has 0 aliphatic carbocycles. The van der Waals surface area contributed by atoms with Crippen LogP contribution in [-0.2, 0) is 13.6 Å². The van der Waals surface area contributed by atoms with Crippen molar-refractivity contribution in [2.45, 2.75) is 13.5 Å². The fourth-order valence-corrected chi connectivity index (χ4v) is 0.689. The quantitative estimate of drug-likeness (QED) is 0.349. The molecule has 5 nitrogen and oxygen atoms in total. The smallest absolute Gasteiger partial charge is 0.402 e. The Labute approximate surface area is 71.7 Å². The molecule has 0 aliphatic rings. The van der Waals surface area contributed by atoms with Crippen LogP contribution in [0.15, 0.2) is 18.7 Å². The van der Waals surface area contributed by atoms with Crippen molar-refractivity contribution >= 4 is 7.32 Å². The highest BCUT2D eigenvalue weighted by Crippen LogP contribution is 1.74. The first-order chi connectivity index (χ1) is 5.56. The van der Waals surface area contributed by atoms with E-state index >= 15 is 0 Å². The molecule has 1 rings (SSSR count). The average molecular weight is 173 g/mol. The lowest BCUT2D eigenvalue weighted by Gasteiger charge is -1.81. The van der Waals surface area contributed by atoms with Gasteiger partial charge in [0.25, 0.3) is 0 Å². The number of rotatable bonds is 1. The van der Waals surface area contributed by atoms with Crippen molar-refractivity contribution in [2.75, 3.05) is 0 Å². The highest BCUT2D eigenvalue weighted by molar-refractivity contribution is 6.30. The molecule has 68 valence electrons. The third-order valence-corrected chi connectivity index (χ3v) is 1.19. The summed E-state index contributed by atoms with van der Waals surface area (Å²) in [6.07, 6.45) is 6.14. The van der Waals surface area contributed by atoms with Gasteiger partial charge < -0.3 is 15.1 Å². The van der Waals surface area contributed by atoms with Gasteiger partial charge in [0.2, 0.25) is 6.33 Å². The maximum Gasteiger partial charge on any atom is 0.631 e. The van der Waals surface area contributed by atoms with Gasteiger partial charge in [-0.15, -0.1) is 0 Å². The summed E-state index contributed by atoms with van der Waals surface area (Å²) in [5.74, 6) is 0. The van der Waals surface area contributed by atoms with Crippen molar-refractivity contribution in [3.8, 4) is 0 Å². The lowest BCUT2D eigenvalue weighted by Crippen LogP contribution is -2.28. The molecule has 0 spiro atoms. The van der Waals surface area contributed by atoms with Crippen LogP contribution >= 0.6 is 0 Å². The molecule has 0 aliphatic heterocycles. The SMILES string of the molecule is CC[n+]1ccn(C)c1.OB(O)O. The number of imidazole rings is 1. The van der Waals surface area contributed by atoms with E-state index in [2.05, 4.69) is 24.0 Å². The largest absolute Gasteiger partial charge is 0.631 e. The fourth-order valence-electron chi connectivity index (χ4n) is 0.689. The Kier molecular flexibility index (Phi) is 5.36. The summed E-state index contributed by atoms with van der Waals surface area (Å²) >= 11 is 0. The predicted octanol–water partition coefficient (Wildman–Crippen LogP) is -1.72. The molecule has 1 heterocycles. The predicted molar refractivity (Wildman–Crippen MR) is 43.7 cm³/mol. The Hall–Kier alpha value is -0.845. The van der Waals surface area contributed by atoms with E-state index in [1.807, 2.05) is 17.8 Å². The summed E-state index contributed by atoms with van der Waals surface area (Å²) in [5.41, 5.74) is 0. The van der Waals surface area contributed by atoms with Crippen molar-refractivity contribution in [1.29, 1.82) is 0 Å². The van der Waals surface area contributed by atoms with Crippen LogP contribution in [-0.4, -0.2) is 27.0 Å². The molecule has 0 bridgehead atoms. The minimum Gasteiger partial charge on any atom is -0.402 e. The molecular weight excluding hydrogens is 159 g/mol. The zero-order valence-corrected chi connectivity index (χ0v) is 7.25. The summed E-state index contributed by atoms with van der Waals surface area (Å²) in [7, 11) is -0.147. The molecule has 0 atom stereocenters. The van der Waals surface area contributed by atoms with Crippen LogP contribution in [0.25, 0.3) is 0 Å². The Morgan fingerprint density at radius 3 is 2.08 bits per heavy atom. The fraction of sp³-hybridized carbons (Fsp3) is 0.500. The van der Waals surface area contributed by atoms with Gasteiger partial charge in [-0.05, 0) is 6.92 Å². The molecule has 3 N–H and O–H groups in total. The zero-order chi connectivity index (χ0) is 9.56. The van der Waals surface area contributed by atoms with Gasteiger partial charge in [-0.3, -0.25) is 0 Å². The first-order valence-electron chi connectivity index (χ1n) is 3.61. The van der Waals surface area contributed by atoms with E-state index in [0.717, 1.165) is 6.54 Å². The second-order valence-corrected chi connectivity index (χ2v) is 2.26. The van der Waals surface area contributed by atoms with Gasteiger partial charge >= 0.3 is 7.32 Å². The molecule has 0 saturated carbocycles. The second-order valence-electron chi connectivity index (χ2n) is 2.26. The van der Waals surface area contributed by atoms with Gasteiger partial charge in [0.1, 0.15) is 12.4 Å². The topological polar surface area (TPSA) is 69.5 Å². The Morgan fingerprint density at radius 2 is 1.92 bits per heavy atom. The summed E-state index contributed by atoms with van der Waals surface area (Å²) < 4.78 is 4.16. The highest BCUT2D eigenvalue weighted by Gasteiger charge is 1.93. The summed E-state index contributed by atoms with van der Waals surface area (Å²) in [6, 6.07) is 0. The third kappa shape index (κ3) is 5.90. The molecular formula is C6H14BN2O3+. The first kappa shape index (κ1) is 11.2. The van der Waals surface area contributed by atoms with E-state index in [4.69, 9.17) is 15.1 Å². The zero-order valence-electron chi connectivity index (χ0n) is 7.25. The van der Waals surface area contributed by atoms with E-state index in [-0.39, 0.29) is 0 Å². The monoisotopic (exact) mass is 173 g/mol. The van der Waals surface area contributed by atoms with Crippen LogP contribution in [0.1, 0.15) is 6.92 Å². The molecule has 0 unspecified atom stereocenters. The van der Waals surface area contributed by atoms with E-state index in [1.165, 1.54) is 0 Å². The average Bonchev–Trinajstić information content (AvgIpc) is 2.34. The van der Waals surface area contributed by atoms with E-state index in [9.17, 15) is 0 Å². The molecule has 0 radical (unpaired) electrons. The van der Waals surface area contributed by atoms with Crippen molar-refractivity contribution in [2.24, 2.45) is 7.05 Å². The van der Waals surface area contributed by atoms with Crippen LogP contribution in [0.4, 0.5) is 0 Å². The molecule has 0 amide bonds. The molecule has 0 fully saturated rings. The molecule has 1 aromatic heterocycles. The maximum absolute atomic E-state index is 7.17. The van der Waals surface area contributed by atoms with E-state index < -0.39 is 7.32 Å². The normalized spacial score (nSPS) is 8.75. The van der Waals surface area contributed by atoms with Crippen LogP contribution in [0.2, 0.25) is 0 Å². The number of nitrogens with zero attached hydrogens (tertiary/aromatic N) is 2. The Bertz CT molecular complexity index is 212. The molecule has 6 heteroatoms. The van der Waals surface area contributed by atoms with Crippen molar-refractivity contribution in [3.05, 3.63) is 18.7 Å². The van der Waals surface area contributed by atoms with E-state index in [1.54, 1.807) is 0 Å². The lowest BCUT2D eigenvalue weighted by atomic mass is 10.3. The van der Waals surface area contributed by atoms with Gasteiger partial charge in [-0.2, -0.15) is 0 Å². The van der Waals surface area contributed by atoms with Crippen LogP contribution in [0.3, 0.4) is 0 Å². The molecule has 0 aromatic carbocycles. The second kappa shape index (κ2) is 5.76. The number of aryl methyl sites for hydroxylation is 2. The van der Waals surface area contributed by atoms with Gasteiger partial charge in [0.05, 0.1) is 13.6 Å².